The van der Waals surface area contributed by atoms with Crippen molar-refractivity contribution < 1.29 is 9.59 Å². The van der Waals surface area contributed by atoms with Crippen LogP contribution in [-0.4, -0.2) is 45.9 Å². The number of carbonyl (C=O) groups excluding carboxylic acids is 2. The summed E-state index contributed by atoms with van der Waals surface area (Å²) >= 11 is 1.16. The van der Waals surface area contributed by atoms with Crippen LogP contribution in [0.3, 0.4) is 0 Å². The van der Waals surface area contributed by atoms with Gasteiger partial charge >= 0.3 is 0 Å². The largest absolute Gasteiger partial charge is 0.352 e. The summed E-state index contributed by atoms with van der Waals surface area (Å²) in [6.07, 6.45) is 1.79. The highest BCUT2D eigenvalue weighted by molar-refractivity contribution is 7.07. The molecule has 1 fully saturated rings. The van der Waals surface area contributed by atoms with Crippen LogP contribution in [0.15, 0.2) is 24.3 Å². The van der Waals surface area contributed by atoms with Crippen LogP contribution in [-0.2, 0) is 0 Å². The van der Waals surface area contributed by atoms with E-state index in [0.717, 1.165) is 29.9 Å². The lowest BCUT2D eigenvalue weighted by molar-refractivity contribution is 0.0688. The predicted molar refractivity (Wildman–Crippen MR) is 96.8 cm³/mol. The van der Waals surface area contributed by atoms with Crippen molar-refractivity contribution in [3.8, 4) is 0 Å². The van der Waals surface area contributed by atoms with Gasteiger partial charge in [-0.05, 0) is 56.3 Å². The fourth-order valence-corrected chi connectivity index (χ4v) is 3.66. The molecule has 2 aromatic rings. The third kappa shape index (κ3) is 4.22. The van der Waals surface area contributed by atoms with E-state index >= 15 is 0 Å². The maximum absolute atomic E-state index is 12.5. The topological polar surface area (TPSA) is 75.2 Å². The Balaban J connectivity index is 1.47. The van der Waals surface area contributed by atoms with Crippen molar-refractivity contribution in [1.29, 1.82) is 0 Å². The molecule has 3 rings (SSSR count). The van der Waals surface area contributed by atoms with E-state index in [9.17, 15) is 9.59 Å². The summed E-state index contributed by atoms with van der Waals surface area (Å²) in [6, 6.07) is 7.59. The van der Waals surface area contributed by atoms with Crippen LogP contribution in [0.2, 0.25) is 0 Å². The molecule has 0 radical (unpaired) electrons. The van der Waals surface area contributed by atoms with Crippen molar-refractivity contribution in [2.45, 2.75) is 26.7 Å². The second-order valence-corrected chi connectivity index (χ2v) is 7.26. The molecule has 2 heterocycles. The number of nitrogens with zero attached hydrogens (tertiary/aromatic N) is 3. The molecule has 1 N–H and O–H groups in total. The van der Waals surface area contributed by atoms with E-state index in [1.807, 2.05) is 43.0 Å². The molecular formula is C18H22N4O2S. The van der Waals surface area contributed by atoms with Gasteiger partial charge in [-0.1, -0.05) is 22.2 Å². The molecule has 6 nitrogen and oxygen atoms in total. The molecule has 1 aromatic heterocycles. The zero-order chi connectivity index (χ0) is 17.8. The molecule has 0 aliphatic carbocycles. The smallest absolute Gasteiger partial charge is 0.267 e. The normalized spacial score (nSPS) is 15.2. The van der Waals surface area contributed by atoms with E-state index in [-0.39, 0.29) is 11.8 Å². The number of amides is 2. The summed E-state index contributed by atoms with van der Waals surface area (Å²) in [5.74, 6) is 0.391. The Morgan fingerprint density at radius 2 is 2.04 bits per heavy atom. The van der Waals surface area contributed by atoms with Crippen LogP contribution in [0.25, 0.3) is 0 Å². The average Bonchev–Trinajstić information content (AvgIpc) is 3.05. The first-order valence-corrected chi connectivity index (χ1v) is 9.25. The number of carbonyl (C=O) groups is 2. The number of likely N-dealkylation sites (tertiary alicyclic amines) is 1. The van der Waals surface area contributed by atoms with Gasteiger partial charge in [0.15, 0.2) is 0 Å². The minimum Gasteiger partial charge on any atom is -0.352 e. The standard InChI is InChI=1S/C18H22N4O2S/c1-12-4-3-5-15(10-12)17(23)19-11-14-6-8-22(9-7-14)18(24)16-13(2)20-21-25-16/h3-5,10,14H,6-9,11H2,1-2H3,(H,19,23). The number of hydrogen-bond acceptors (Lipinski definition) is 5. The second-order valence-electron chi connectivity index (χ2n) is 6.50. The van der Waals surface area contributed by atoms with E-state index in [4.69, 9.17) is 0 Å². The minimum absolute atomic E-state index is 0.0229. The van der Waals surface area contributed by atoms with Crippen molar-refractivity contribution in [3.05, 3.63) is 46.0 Å². The van der Waals surface area contributed by atoms with Gasteiger partial charge in [0.05, 0.1) is 5.69 Å². The Kier molecular flexibility index (Phi) is 5.43. The van der Waals surface area contributed by atoms with Crippen molar-refractivity contribution >= 4 is 23.3 Å². The molecule has 132 valence electrons. The summed E-state index contributed by atoms with van der Waals surface area (Å²) in [6.45, 7) is 5.85. The molecule has 0 atom stereocenters. The van der Waals surface area contributed by atoms with Gasteiger partial charge in [0.2, 0.25) is 0 Å². The highest BCUT2D eigenvalue weighted by atomic mass is 32.1. The first-order valence-electron chi connectivity index (χ1n) is 8.47. The lowest BCUT2D eigenvalue weighted by Crippen LogP contribution is -2.41. The lowest BCUT2D eigenvalue weighted by atomic mass is 9.96. The number of piperidine rings is 1. The van der Waals surface area contributed by atoms with Crippen LogP contribution in [0, 0.1) is 19.8 Å². The number of aryl methyl sites for hydroxylation is 2. The summed E-state index contributed by atoms with van der Waals surface area (Å²) < 4.78 is 3.83. The van der Waals surface area contributed by atoms with E-state index in [0.29, 0.717) is 41.7 Å². The lowest BCUT2D eigenvalue weighted by Gasteiger charge is -2.31. The quantitative estimate of drug-likeness (QED) is 0.911. The highest BCUT2D eigenvalue weighted by Crippen LogP contribution is 2.20. The molecule has 0 unspecified atom stereocenters. The minimum atomic E-state index is -0.0337. The van der Waals surface area contributed by atoms with Gasteiger partial charge in [-0.3, -0.25) is 9.59 Å². The number of nitrogens with one attached hydrogen (secondary N) is 1. The van der Waals surface area contributed by atoms with E-state index < -0.39 is 0 Å². The van der Waals surface area contributed by atoms with Gasteiger partial charge in [-0.25, -0.2) is 0 Å². The average molecular weight is 358 g/mol. The highest BCUT2D eigenvalue weighted by Gasteiger charge is 2.26. The van der Waals surface area contributed by atoms with Crippen molar-refractivity contribution in [1.82, 2.24) is 19.8 Å². The zero-order valence-corrected chi connectivity index (χ0v) is 15.3. The third-order valence-corrected chi connectivity index (χ3v) is 5.39. The monoisotopic (exact) mass is 358 g/mol. The number of rotatable bonds is 4. The molecule has 1 saturated heterocycles. The zero-order valence-electron chi connectivity index (χ0n) is 14.5. The van der Waals surface area contributed by atoms with Crippen LogP contribution >= 0.6 is 11.5 Å². The van der Waals surface area contributed by atoms with E-state index in [1.165, 1.54) is 0 Å². The fraction of sp³-hybridized carbons (Fsp3) is 0.444. The van der Waals surface area contributed by atoms with Crippen molar-refractivity contribution in [2.24, 2.45) is 5.92 Å². The van der Waals surface area contributed by atoms with Crippen LogP contribution in [0.4, 0.5) is 0 Å². The van der Waals surface area contributed by atoms with Gasteiger partial charge in [-0.15, -0.1) is 5.10 Å². The fourth-order valence-electron chi connectivity index (χ4n) is 3.04. The summed E-state index contributed by atoms with van der Waals surface area (Å²) in [5, 5.41) is 6.92. The Labute approximate surface area is 151 Å². The van der Waals surface area contributed by atoms with Gasteiger partial charge in [0.1, 0.15) is 4.88 Å². The molecular weight excluding hydrogens is 336 g/mol. The predicted octanol–water partition coefficient (Wildman–Crippen LogP) is 2.44. The molecule has 2 amide bonds. The molecule has 1 aromatic carbocycles. The molecule has 0 spiro atoms. The molecule has 0 saturated carbocycles. The summed E-state index contributed by atoms with van der Waals surface area (Å²) in [4.78, 5) is 27.2. The van der Waals surface area contributed by atoms with Crippen molar-refractivity contribution in [2.75, 3.05) is 19.6 Å². The molecule has 1 aliphatic rings. The summed E-state index contributed by atoms with van der Waals surface area (Å²) in [5.41, 5.74) is 2.47. The molecule has 1 aliphatic heterocycles. The number of aromatic nitrogens is 2. The number of benzene rings is 1. The second kappa shape index (κ2) is 7.74. The van der Waals surface area contributed by atoms with Crippen LogP contribution < -0.4 is 5.32 Å². The summed E-state index contributed by atoms with van der Waals surface area (Å²) in [7, 11) is 0. The Morgan fingerprint density at radius 3 is 2.68 bits per heavy atom. The Morgan fingerprint density at radius 1 is 1.28 bits per heavy atom. The first kappa shape index (κ1) is 17.5. The maximum atomic E-state index is 12.5. The molecule has 0 bridgehead atoms. The Bertz CT molecular complexity index is 766. The van der Waals surface area contributed by atoms with Gasteiger partial charge in [-0.2, -0.15) is 0 Å². The third-order valence-electron chi connectivity index (χ3n) is 4.58. The van der Waals surface area contributed by atoms with Crippen molar-refractivity contribution in [3.63, 3.8) is 0 Å². The number of hydrogen-bond donors (Lipinski definition) is 1. The SMILES string of the molecule is Cc1cccc(C(=O)NCC2CCN(C(=O)c3snnc3C)CC2)c1. The van der Waals surface area contributed by atoms with Crippen LogP contribution in [0.5, 0.6) is 0 Å². The van der Waals surface area contributed by atoms with Gasteiger partial charge < -0.3 is 10.2 Å². The van der Waals surface area contributed by atoms with E-state index in [2.05, 4.69) is 14.9 Å². The first-order chi connectivity index (χ1) is 12.0. The van der Waals surface area contributed by atoms with Gasteiger partial charge in [0.25, 0.3) is 11.8 Å². The Hall–Kier alpha value is -2.28. The molecule has 25 heavy (non-hydrogen) atoms. The molecule has 7 heteroatoms. The van der Waals surface area contributed by atoms with E-state index in [1.54, 1.807) is 0 Å². The van der Waals surface area contributed by atoms with Gasteiger partial charge in [0, 0.05) is 25.2 Å². The van der Waals surface area contributed by atoms with Crippen LogP contribution in [0.1, 0.15) is 44.1 Å². The maximum Gasteiger partial charge on any atom is 0.267 e.